The zero-order valence-electron chi connectivity index (χ0n) is 10.3. The molecule has 104 valence electrons. The first-order valence-corrected chi connectivity index (χ1v) is 8.08. The Labute approximate surface area is 120 Å². The van der Waals surface area contributed by atoms with Crippen LogP contribution in [0.1, 0.15) is 5.56 Å². The van der Waals surface area contributed by atoms with Gasteiger partial charge in [-0.15, -0.1) is 0 Å². The molecule has 1 aromatic carbocycles. The van der Waals surface area contributed by atoms with Gasteiger partial charge in [-0.25, -0.2) is 13.6 Å². The van der Waals surface area contributed by atoms with Crippen molar-refractivity contribution < 1.29 is 13.2 Å². The summed E-state index contributed by atoms with van der Waals surface area (Å²) in [5.41, 5.74) is 1.45. The fourth-order valence-corrected chi connectivity index (χ4v) is 2.60. The maximum atomic E-state index is 11.7. The first-order chi connectivity index (χ1) is 9.45. The van der Waals surface area contributed by atoms with Gasteiger partial charge >= 0.3 is 0 Å². The maximum Gasteiger partial charge on any atom is 0.248 e. The molecule has 0 saturated carbocycles. The highest BCUT2D eigenvalue weighted by Gasteiger charge is 2.07. The molecule has 0 aliphatic heterocycles. The van der Waals surface area contributed by atoms with Crippen LogP contribution in [0.3, 0.4) is 0 Å². The minimum absolute atomic E-state index is 0.00399. The molecule has 0 saturated heterocycles. The summed E-state index contributed by atoms with van der Waals surface area (Å²) in [6.07, 6.45) is 3.11. The first-order valence-electron chi connectivity index (χ1n) is 5.59. The number of hydrogen-bond acceptors (Lipinski definition) is 4. The third-order valence-corrected chi connectivity index (χ3v) is 4.05. The van der Waals surface area contributed by atoms with Crippen molar-refractivity contribution in [2.75, 3.05) is 5.32 Å². The molecule has 20 heavy (non-hydrogen) atoms. The number of rotatable bonds is 4. The van der Waals surface area contributed by atoms with Crippen LogP contribution in [0.5, 0.6) is 0 Å². The Bertz CT molecular complexity index is 717. The predicted octanol–water partition coefficient (Wildman–Crippen LogP) is 2.05. The maximum absolute atomic E-state index is 11.7. The van der Waals surface area contributed by atoms with Gasteiger partial charge in [0.05, 0.1) is 4.90 Å². The lowest BCUT2D eigenvalue weighted by Crippen LogP contribution is -2.12. The van der Waals surface area contributed by atoms with E-state index in [1.807, 2.05) is 16.8 Å². The molecule has 3 N–H and O–H groups in total. The summed E-state index contributed by atoms with van der Waals surface area (Å²) in [5.74, 6) is -0.292. The zero-order valence-corrected chi connectivity index (χ0v) is 11.9. The van der Waals surface area contributed by atoms with Gasteiger partial charge in [-0.3, -0.25) is 4.79 Å². The Balaban J connectivity index is 2.01. The summed E-state index contributed by atoms with van der Waals surface area (Å²) in [6.45, 7) is 0. The van der Waals surface area contributed by atoms with E-state index in [0.29, 0.717) is 5.69 Å². The highest BCUT2D eigenvalue weighted by atomic mass is 32.2. The summed E-state index contributed by atoms with van der Waals surface area (Å²) >= 11 is 1.55. The van der Waals surface area contributed by atoms with Gasteiger partial charge in [0.1, 0.15) is 0 Å². The number of sulfonamides is 1. The normalized spacial score (nSPS) is 11.7. The molecule has 0 fully saturated rings. The third kappa shape index (κ3) is 4.02. The van der Waals surface area contributed by atoms with Crippen molar-refractivity contribution in [3.8, 4) is 0 Å². The number of thiophene rings is 1. The number of nitrogens with one attached hydrogen (secondary N) is 1. The Kier molecular flexibility index (Phi) is 4.33. The zero-order chi connectivity index (χ0) is 14.6. The second-order valence-electron chi connectivity index (χ2n) is 3.95. The number of hydrogen-bond donors (Lipinski definition) is 2. The molecule has 0 aliphatic rings. The van der Waals surface area contributed by atoms with Crippen LogP contribution in [-0.4, -0.2) is 14.3 Å². The lowest BCUT2D eigenvalue weighted by atomic mass is 10.3. The summed E-state index contributed by atoms with van der Waals surface area (Å²) in [4.78, 5) is 11.7. The second-order valence-corrected chi connectivity index (χ2v) is 6.29. The van der Waals surface area contributed by atoms with Crippen LogP contribution in [0, 0.1) is 0 Å². The van der Waals surface area contributed by atoms with Gasteiger partial charge in [0.2, 0.25) is 15.9 Å². The number of benzene rings is 1. The molecule has 0 radical (unpaired) electrons. The summed E-state index contributed by atoms with van der Waals surface area (Å²) in [5, 5.41) is 11.5. The number of primary sulfonamides is 1. The molecule has 0 bridgehead atoms. The molecular weight excluding hydrogens is 296 g/mol. The molecule has 0 aliphatic carbocycles. The lowest BCUT2D eigenvalue weighted by molar-refractivity contribution is -0.111. The predicted molar refractivity (Wildman–Crippen MR) is 79.8 cm³/mol. The van der Waals surface area contributed by atoms with Gasteiger partial charge in [-0.1, -0.05) is 0 Å². The summed E-state index contributed by atoms with van der Waals surface area (Å²) < 4.78 is 22.2. The van der Waals surface area contributed by atoms with Crippen LogP contribution in [0.15, 0.2) is 52.1 Å². The average molecular weight is 308 g/mol. The molecule has 0 spiro atoms. The minimum atomic E-state index is -3.71. The standard InChI is InChI=1S/C13H12N2O3S2/c14-20(17,18)12-4-2-11(3-5-12)15-13(16)6-1-10-7-8-19-9-10/h1-9H,(H,15,16)(H2,14,17,18)/b6-1+. The van der Waals surface area contributed by atoms with E-state index in [9.17, 15) is 13.2 Å². The van der Waals surface area contributed by atoms with Crippen molar-refractivity contribution in [1.82, 2.24) is 0 Å². The van der Waals surface area contributed by atoms with Gasteiger partial charge in [0.15, 0.2) is 0 Å². The van der Waals surface area contributed by atoms with Crippen molar-refractivity contribution in [1.29, 1.82) is 0 Å². The SMILES string of the molecule is NS(=O)(=O)c1ccc(NC(=O)/C=C/c2ccsc2)cc1. The van der Waals surface area contributed by atoms with E-state index in [1.165, 1.54) is 30.3 Å². The van der Waals surface area contributed by atoms with Gasteiger partial charge in [-0.2, -0.15) is 11.3 Å². The Hall–Kier alpha value is -1.96. The highest BCUT2D eigenvalue weighted by molar-refractivity contribution is 7.89. The molecule has 2 rings (SSSR count). The number of nitrogens with two attached hydrogens (primary N) is 1. The minimum Gasteiger partial charge on any atom is -0.323 e. The van der Waals surface area contributed by atoms with Gasteiger partial charge in [-0.05, 0) is 52.7 Å². The van der Waals surface area contributed by atoms with E-state index in [4.69, 9.17) is 5.14 Å². The number of carbonyl (C=O) groups is 1. The fraction of sp³-hybridized carbons (Fsp3) is 0. The summed E-state index contributed by atoms with van der Waals surface area (Å²) in [6, 6.07) is 7.54. The Morgan fingerprint density at radius 3 is 2.45 bits per heavy atom. The van der Waals surface area contributed by atoms with Crippen LogP contribution in [0.4, 0.5) is 5.69 Å². The van der Waals surface area contributed by atoms with Crippen molar-refractivity contribution in [3.63, 3.8) is 0 Å². The molecule has 2 aromatic rings. The van der Waals surface area contributed by atoms with Crippen molar-refractivity contribution >= 4 is 39.0 Å². The molecule has 1 heterocycles. The van der Waals surface area contributed by atoms with Crippen molar-refractivity contribution in [2.24, 2.45) is 5.14 Å². The van der Waals surface area contributed by atoms with E-state index in [-0.39, 0.29) is 10.8 Å². The smallest absolute Gasteiger partial charge is 0.248 e. The number of carbonyl (C=O) groups excluding carboxylic acids is 1. The van der Waals surface area contributed by atoms with E-state index < -0.39 is 10.0 Å². The fourth-order valence-electron chi connectivity index (χ4n) is 1.45. The Morgan fingerprint density at radius 1 is 1.20 bits per heavy atom. The van der Waals surface area contributed by atoms with Crippen LogP contribution in [0.25, 0.3) is 6.08 Å². The molecule has 7 heteroatoms. The topological polar surface area (TPSA) is 89.3 Å². The van der Waals surface area contributed by atoms with Crippen LogP contribution in [-0.2, 0) is 14.8 Å². The second kappa shape index (κ2) is 6.00. The molecule has 0 atom stereocenters. The highest BCUT2D eigenvalue weighted by Crippen LogP contribution is 2.13. The van der Waals surface area contributed by atoms with Crippen molar-refractivity contribution in [3.05, 3.63) is 52.7 Å². The Morgan fingerprint density at radius 2 is 1.90 bits per heavy atom. The molecule has 0 unspecified atom stereocenters. The summed E-state index contributed by atoms with van der Waals surface area (Å²) in [7, 11) is -3.71. The van der Waals surface area contributed by atoms with Gasteiger partial charge in [0.25, 0.3) is 0 Å². The van der Waals surface area contributed by atoms with Crippen molar-refractivity contribution in [2.45, 2.75) is 4.90 Å². The lowest BCUT2D eigenvalue weighted by Gasteiger charge is -2.03. The molecule has 1 aromatic heterocycles. The average Bonchev–Trinajstić information content (AvgIpc) is 2.89. The molecular formula is C13H12N2O3S2. The molecule has 5 nitrogen and oxygen atoms in total. The van der Waals surface area contributed by atoms with E-state index >= 15 is 0 Å². The van der Waals surface area contributed by atoms with E-state index in [1.54, 1.807) is 17.4 Å². The van der Waals surface area contributed by atoms with E-state index in [0.717, 1.165) is 5.56 Å². The monoisotopic (exact) mass is 308 g/mol. The quantitative estimate of drug-likeness (QED) is 0.847. The van der Waals surface area contributed by atoms with Crippen LogP contribution >= 0.6 is 11.3 Å². The van der Waals surface area contributed by atoms with Gasteiger partial charge in [0, 0.05) is 11.8 Å². The van der Waals surface area contributed by atoms with Crippen LogP contribution in [0.2, 0.25) is 0 Å². The third-order valence-electron chi connectivity index (χ3n) is 2.42. The van der Waals surface area contributed by atoms with Gasteiger partial charge < -0.3 is 5.32 Å². The largest absolute Gasteiger partial charge is 0.323 e. The number of amides is 1. The number of anilines is 1. The first kappa shape index (κ1) is 14.4. The van der Waals surface area contributed by atoms with Crippen LogP contribution < -0.4 is 10.5 Å². The van der Waals surface area contributed by atoms with E-state index in [2.05, 4.69) is 5.32 Å². The molecule has 1 amide bonds.